The highest BCUT2D eigenvalue weighted by atomic mass is 16.5. The number of nitrogens with zero attached hydrogens (tertiary/aromatic N) is 3. The average molecular weight is 525 g/mol. The molecule has 0 saturated carbocycles. The average Bonchev–Trinajstić information content (AvgIpc) is 3.57. The van der Waals surface area contributed by atoms with Gasteiger partial charge in [0.15, 0.2) is 18.0 Å². The Hall–Kier alpha value is -5.06. The third kappa shape index (κ3) is 4.70. The molecule has 6 rings (SSSR count). The highest BCUT2D eigenvalue weighted by Crippen LogP contribution is 2.32. The molecule has 0 saturated heterocycles. The lowest BCUT2D eigenvalue weighted by molar-refractivity contribution is -0.118. The Bertz CT molecular complexity index is 1680. The van der Waals surface area contributed by atoms with Crippen LogP contribution in [0.15, 0.2) is 54.7 Å². The van der Waals surface area contributed by atoms with E-state index in [0.717, 1.165) is 23.1 Å². The molecule has 0 unspecified atom stereocenters. The SMILES string of the molecule is CC(=O)c1ccc2c(c1)CC[C@@H]2NC(=O)c1cc(C(=O)NCc2ccc3c(c2)NC(=O)CO3)nc2ccnn12. The lowest BCUT2D eigenvalue weighted by atomic mass is 10.0. The Kier molecular flexibility index (Phi) is 6.02. The van der Waals surface area contributed by atoms with Crippen molar-refractivity contribution >= 4 is 34.8 Å². The van der Waals surface area contributed by atoms with E-state index in [-0.39, 0.29) is 48.2 Å². The fourth-order valence-electron chi connectivity index (χ4n) is 4.92. The van der Waals surface area contributed by atoms with E-state index in [1.165, 1.54) is 23.7 Å². The van der Waals surface area contributed by atoms with Gasteiger partial charge < -0.3 is 20.7 Å². The Labute approximate surface area is 222 Å². The summed E-state index contributed by atoms with van der Waals surface area (Å²) in [5.41, 5.74) is 4.57. The van der Waals surface area contributed by atoms with Crippen molar-refractivity contribution in [3.05, 3.63) is 88.4 Å². The van der Waals surface area contributed by atoms with Crippen molar-refractivity contribution in [3.63, 3.8) is 0 Å². The van der Waals surface area contributed by atoms with Gasteiger partial charge in [0.25, 0.3) is 17.7 Å². The third-order valence-electron chi connectivity index (χ3n) is 6.89. The van der Waals surface area contributed by atoms with E-state index in [2.05, 4.69) is 26.0 Å². The van der Waals surface area contributed by atoms with Gasteiger partial charge in [-0.05, 0) is 54.7 Å². The predicted molar refractivity (Wildman–Crippen MR) is 140 cm³/mol. The maximum absolute atomic E-state index is 13.4. The summed E-state index contributed by atoms with van der Waals surface area (Å²) < 4.78 is 6.76. The molecule has 1 aliphatic carbocycles. The number of aromatic nitrogens is 3. The number of carbonyl (C=O) groups is 4. The van der Waals surface area contributed by atoms with Gasteiger partial charge >= 0.3 is 0 Å². The normalized spacial score (nSPS) is 15.6. The number of hydrogen-bond acceptors (Lipinski definition) is 7. The van der Waals surface area contributed by atoms with E-state index >= 15 is 0 Å². The minimum Gasteiger partial charge on any atom is -0.482 e. The van der Waals surface area contributed by atoms with Crippen LogP contribution in [0.4, 0.5) is 5.69 Å². The number of aryl methyl sites for hydroxylation is 1. The fraction of sp³-hybridized carbons (Fsp3) is 0.214. The van der Waals surface area contributed by atoms with E-state index in [0.29, 0.717) is 29.1 Å². The number of carbonyl (C=O) groups excluding carboxylic acids is 4. The van der Waals surface area contributed by atoms with Crippen molar-refractivity contribution in [1.29, 1.82) is 0 Å². The predicted octanol–water partition coefficient (Wildman–Crippen LogP) is 2.61. The smallest absolute Gasteiger partial charge is 0.270 e. The second kappa shape index (κ2) is 9.67. The summed E-state index contributed by atoms with van der Waals surface area (Å²) in [4.78, 5) is 54.1. The Morgan fingerprint density at radius 2 is 1.97 bits per heavy atom. The Morgan fingerprint density at radius 1 is 1.10 bits per heavy atom. The van der Waals surface area contributed by atoms with Crippen LogP contribution in [-0.2, 0) is 17.8 Å². The Balaban J connectivity index is 1.20. The van der Waals surface area contributed by atoms with Crippen LogP contribution in [-0.4, -0.2) is 44.7 Å². The summed E-state index contributed by atoms with van der Waals surface area (Å²) in [6.07, 6.45) is 2.97. The van der Waals surface area contributed by atoms with Crippen molar-refractivity contribution in [2.75, 3.05) is 11.9 Å². The third-order valence-corrected chi connectivity index (χ3v) is 6.89. The van der Waals surface area contributed by atoms with Gasteiger partial charge in [0.1, 0.15) is 17.1 Å². The largest absolute Gasteiger partial charge is 0.482 e. The number of hydrogen-bond donors (Lipinski definition) is 3. The first-order chi connectivity index (χ1) is 18.9. The van der Waals surface area contributed by atoms with Crippen LogP contribution in [0.5, 0.6) is 5.75 Å². The van der Waals surface area contributed by atoms with Crippen LogP contribution in [0, 0.1) is 0 Å². The monoisotopic (exact) mass is 524 g/mol. The molecule has 0 fully saturated rings. The molecule has 1 aliphatic heterocycles. The standard InChI is InChI=1S/C28H24N6O5/c1-15(35)17-3-5-19-18(11-17)4-6-20(19)33-28(38)23-12-22(31-25-8-9-30-34(23)25)27(37)29-13-16-2-7-24-21(10-16)32-26(36)14-39-24/h2-3,5,7-12,20H,4,6,13-14H2,1H3,(H,29,37)(H,32,36)(H,33,38)/t20-/m0/s1. The zero-order chi connectivity index (χ0) is 27.1. The van der Waals surface area contributed by atoms with Gasteiger partial charge in [-0.1, -0.05) is 18.2 Å². The molecule has 3 heterocycles. The summed E-state index contributed by atoms with van der Waals surface area (Å²) >= 11 is 0. The second-order valence-electron chi connectivity index (χ2n) is 9.51. The summed E-state index contributed by atoms with van der Waals surface area (Å²) in [5.74, 6) is -0.527. The summed E-state index contributed by atoms with van der Waals surface area (Å²) in [7, 11) is 0. The summed E-state index contributed by atoms with van der Waals surface area (Å²) in [6.45, 7) is 1.68. The van der Waals surface area contributed by atoms with Gasteiger partial charge in [-0.25, -0.2) is 9.50 Å². The number of anilines is 1. The highest BCUT2D eigenvalue weighted by Gasteiger charge is 2.27. The van der Waals surface area contributed by atoms with E-state index in [9.17, 15) is 19.2 Å². The van der Waals surface area contributed by atoms with Gasteiger partial charge in [0.05, 0.1) is 17.9 Å². The zero-order valence-electron chi connectivity index (χ0n) is 21.0. The molecule has 0 bridgehead atoms. The minimum absolute atomic E-state index is 0.00126. The summed E-state index contributed by atoms with van der Waals surface area (Å²) in [5, 5.41) is 12.8. The molecule has 2 aromatic carbocycles. The molecule has 2 aliphatic rings. The van der Waals surface area contributed by atoms with Crippen LogP contribution in [0.2, 0.25) is 0 Å². The lowest BCUT2D eigenvalue weighted by Gasteiger charge is -2.18. The molecule has 3 N–H and O–H groups in total. The number of ketones is 1. The van der Waals surface area contributed by atoms with Crippen molar-refractivity contribution in [1.82, 2.24) is 25.2 Å². The van der Waals surface area contributed by atoms with Crippen molar-refractivity contribution < 1.29 is 23.9 Å². The lowest BCUT2D eigenvalue weighted by Crippen LogP contribution is -2.30. The Morgan fingerprint density at radius 3 is 2.82 bits per heavy atom. The van der Waals surface area contributed by atoms with Gasteiger partial charge in [0, 0.05) is 24.2 Å². The first-order valence-corrected chi connectivity index (χ1v) is 12.5. The maximum Gasteiger partial charge on any atom is 0.270 e. The minimum atomic E-state index is -0.464. The molecule has 1 atom stereocenters. The van der Waals surface area contributed by atoms with Gasteiger partial charge in [0.2, 0.25) is 0 Å². The first-order valence-electron chi connectivity index (χ1n) is 12.5. The van der Waals surface area contributed by atoms with Crippen molar-refractivity contribution in [3.8, 4) is 5.75 Å². The van der Waals surface area contributed by atoms with Gasteiger partial charge in [-0.3, -0.25) is 19.2 Å². The van der Waals surface area contributed by atoms with Crippen LogP contribution >= 0.6 is 0 Å². The van der Waals surface area contributed by atoms with Crippen LogP contribution in [0.3, 0.4) is 0 Å². The van der Waals surface area contributed by atoms with Crippen LogP contribution in [0.25, 0.3) is 5.65 Å². The molecule has 196 valence electrons. The first kappa shape index (κ1) is 24.3. The van der Waals surface area contributed by atoms with E-state index < -0.39 is 5.91 Å². The number of fused-ring (bicyclic) bond motifs is 3. The molecule has 11 nitrogen and oxygen atoms in total. The van der Waals surface area contributed by atoms with Crippen LogP contribution in [0.1, 0.15) is 67.4 Å². The molecule has 11 heteroatoms. The molecule has 39 heavy (non-hydrogen) atoms. The number of nitrogens with one attached hydrogen (secondary N) is 3. The van der Waals surface area contributed by atoms with Crippen molar-refractivity contribution in [2.45, 2.75) is 32.4 Å². The molecule has 4 aromatic rings. The highest BCUT2D eigenvalue weighted by molar-refractivity contribution is 5.99. The number of ether oxygens (including phenoxy) is 1. The zero-order valence-corrected chi connectivity index (χ0v) is 21.0. The van der Waals surface area contributed by atoms with Gasteiger partial charge in [-0.15, -0.1) is 0 Å². The maximum atomic E-state index is 13.4. The van der Waals surface area contributed by atoms with E-state index in [1.54, 1.807) is 30.3 Å². The molecule has 3 amide bonds. The number of benzene rings is 2. The molecule has 0 spiro atoms. The quantitative estimate of drug-likeness (QED) is 0.329. The van der Waals surface area contributed by atoms with Gasteiger partial charge in [-0.2, -0.15) is 5.10 Å². The number of amides is 3. The fourth-order valence-corrected chi connectivity index (χ4v) is 4.92. The molecular weight excluding hydrogens is 500 g/mol. The second-order valence-corrected chi connectivity index (χ2v) is 9.51. The van der Waals surface area contributed by atoms with Crippen LogP contribution < -0.4 is 20.7 Å². The number of rotatable bonds is 6. The number of Topliss-reactive ketones (excluding diaryl/α,β-unsaturated/α-hetero) is 1. The summed E-state index contributed by atoms with van der Waals surface area (Å²) in [6, 6.07) is 13.6. The van der Waals surface area contributed by atoms with E-state index in [1.807, 2.05) is 12.1 Å². The van der Waals surface area contributed by atoms with Crippen molar-refractivity contribution in [2.24, 2.45) is 0 Å². The molecular formula is C28H24N6O5. The van der Waals surface area contributed by atoms with E-state index in [4.69, 9.17) is 4.74 Å². The molecule has 2 aromatic heterocycles. The topological polar surface area (TPSA) is 144 Å². The molecule has 0 radical (unpaired) electrons.